The van der Waals surface area contributed by atoms with Crippen LogP contribution in [-0.4, -0.2) is 18.0 Å². The van der Waals surface area contributed by atoms with Crippen molar-refractivity contribution in [1.82, 2.24) is 10.3 Å². The average Bonchev–Trinajstić information content (AvgIpc) is 2.72. The van der Waals surface area contributed by atoms with Crippen molar-refractivity contribution in [2.45, 2.75) is 18.9 Å². The van der Waals surface area contributed by atoms with Gasteiger partial charge in [-0.15, -0.1) is 0 Å². The predicted molar refractivity (Wildman–Crippen MR) is 102 cm³/mol. The Morgan fingerprint density at radius 3 is 2.31 bits per heavy atom. The van der Waals surface area contributed by atoms with E-state index in [0.29, 0.717) is 13.0 Å². The molecule has 132 valence electrons. The van der Waals surface area contributed by atoms with E-state index in [2.05, 4.69) is 22.4 Å². The molecule has 3 rings (SSSR count). The molecule has 0 fully saturated rings. The molecule has 4 heteroatoms. The SMILES string of the molecule is COc1ccc(C(CC(=O)NCc2ccccn2)c2ccccc2)cc1. The van der Waals surface area contributed by atoms with Crippen LogP contribution in [0.5, 0.6) is 5.75 Å². The normalized spacial score (nSPS) is 11.6. The van der Waals surface area contributed by atoms with Crippen LogP contribution in [0, 0.1) is 0 Å². The Morgan fingerprint density at radius 1 is 0.962 bits per heavy atom. The number of nitrogens with one attached hydrogen (secondary N) is 1. The molecule has 4 nitrogen and oxygen atoms in total. The number of amides is 1. The molecular weight excluding hydrogens is 324 g/mol. The molecule has 1 unspecified atom stereocenters. The quantitative estimate of drug-likeness (QED) is 0.705. The minimum absolute atomic E-state index is 0.000300. The Kier molecular flexibility index (Phi) is 5.99. The molecule has 0 aliphatic carbocycles. The maximum atomic E-state index is 12.5. The van der Waals surface area contributed by atoms with Crippen molar-refractivity contribution in [2.24, 2.45) is 0 Å². The number of nitrogens with zero attached hydrogens (tertiary/aromatic N) is 1. The summed E-state index contributed by atoms with van der Waals surface area (Å²) in [6, 6.07) is 23.7. The highest BCUT2D eigenvalue weighted by Crippen LogP contribution is 2.29. The highest BCUT2D eigenvalue weighted by atomic mass is 16.5. The smallest absolute Gasteiger partial charge is 0.221 e. The summed E-state index contributed by atoms with van der Waals surface area (Å²) in [5.74, 6) is 0.798. The van der Waals surface area contributed by atoms with E-state index in [9.17, 15) is 4.79 Å². The van der Waals surface area contributed by atoms with Crippen molar-refractivity contribution < 1.29 is 9.53 Å². The van der Waals surface area contributed by atoms with Gasteiger partial charge >= 0.3 is 0 Å². The second-order valence-electron chi connectivity index (χ2n) is 6.04. The first-order valence-corrected chi connectivity index (χ1v) is 8.62. The molecule has 0 saturated heterocycles. The minimum atomic E-state index is -0.00848. The molecule has 1 N–H and O–H groups in total. The molecule has 26 heavy (non-hydrogen) atoms. The third-order valence-corrected chi connectivity index (χ3v) is 4.30. The van der Waals surface area contributed by atoms with Crippen LogP contribution in [0.4, 0.5) is 0 Å². The Hall–Kier alpha value is -3.14. The molecule has 0 aliphatic heterocycles. The molecular formula is C22H22N2O2. The Bertz CT molecular complexity index is 818. The van der Waals surface area contributed by atoms with E-state index < -0.39 is 0 Å². The number of aromatic nitrogens is 1. The average molecular weight is 346 g/mol. The fourth-order valence-electron chi connectivity index (χ4n) is 2.90. The maximum absolute atomic E-state index is 12.5. The third kappa shape index (κ3) is 4.70. The van der Waals surface area contributed by atoms with E-state index in [4.69, 9.17) is 4.74 Å². The maximum Gasteiger partial charge on any atom is 0.221 e. The summed E-state index contributed by atoms with van der Waals surface area (Å²) >= 11 is 0. The Balaban J connectivity index is 1.74. The highest BCUT2D eigenvalue weighted by Gasteiger charge is 2.18. The first-order chi connectivity index (χ1) is 12.8. The number of methoxy groups -OCH3 is 1. The van der Waals surface area contributed by atoms with Crippen LogP contribution in [0.25, 0.3) is 0 Å². The molecule has 0 spiro atoms. The van der Waals surface area contributed by atoms with E-state index >= 15 is 0 Å². The van der Waals surface area contributed by atoms with Crippen LogP contribution in [0.3, 0.4) is 0 Å². The van der Waals surface area contributed by atoms with E-state index in [1.807, 2.05) is 60.7 Å². The number of carbonyl (C=O) groups is 1. The zero-order valence-corrected chi connectivity index (χ0v) is 14.8. The van der Waals surface area contributed by atoms with Crippen molar-refractivity contribution >= 4 is 5.91 Å². The number of rotatable bonds is 7. The van der Waals surface area contributed by atoms with Gasteiger partial charge in [0.15, 0.2) is 0 Å². The molecule has 1 atom stereocenters. The van der Waals surface area contributed by atoms with Crippen LogP contribution in [-0.2, 0) is 11.3 Å². The molecule has 0 aliphatic rings. The van der Waals surface area contributed by atoms with Crippen LogP contribution >= 0.6 is 0 Å². The number of carbonyl (C=O) groups excluding carboxylic acids is 1. The summed E-state index contributed by atoms with van der Waals surface area (Å²) in [6.07, 6.45) is 2.11. The van der Waals surface area contributed by atoms with Crippen molar-refractivity contribution in [3.63, 3.8) is 0 Å². The van der Waals surface area contributed by atoms with Crippen molar-refractivity contribution in [1.29, 1.82) is 0 Å². The molecule has 3 aromatic rings. The number of pyridine rings is 1. The lowest BCUT2D eigenvalue weighted by atomic mass is 9.88. The molecule has 0 bridgehead atoms. The van der Waals surface area contributed by atoms with E-state index in [-0.39, 0.29) is 11.8 Å². The van der Waals surface area contributed by atoms with Crippen molar-refractivity contribution in [3.8, 4) is 5.75 Å². The summed E-state index contributed by atoms with van der Waals surface area (Å²) in [7, 11) is 1.65. The Labute approximate surface area is 153 Å². The summed E-state index contributed by atoms with van der Waals surface area (Å²) in [5, 5.41) is 2.97. The summed E-state index contributed by atoms with van der Waals surface area (Å²) < 4.78 is 5.24. The van der Waals surface area contributed by atoms with E-state index in [0.717, 1.165) is 22.6 Å². The fraction of sp³-hybridized carbons (Fsp3) is 0.182. The van der Waals surface area contributed by atoms with Gasteiger partial charge in [-0.1, -0.05) is 48.5 Å². The van der Waals surface area contributed by atoms with Gasteiger partial charge in [-0.25, -0.2) is 0 Å². The molecule has 1 aromatic heterocycles. The minimum Gasteiger partial charge on any atom is -0.497 e. The molecule has 2 aromatic carbocycles. The summed E-state index contributed by atoms with van der Waals surface area (Å²) in [6.45, 7) is 0.434. The molecule has 0 radical (unpaired) electrons. The Morgan fingerprint density at radius 2 is 1.65 bits per heavy atom. The monoisotopic (exact) mass is 346 g/mol. The highest BCUT2D eigenvalue weighted by molar-refractivity contribution is 5.77. The number of ether oxygens (including phenoxy) is 1. The van der Waals surface area contributed by atoms with Gasteiger partial charge in [0.2, 0.25) is 5.91 Å². The van der Waals surface area contributed by atoms with E-state index in [1.165, 1.54) is 0 Å². The van der Waals surface area contributed by atoms with Gasteiger partial charge in [0, 0.05) is 18.5 Å². The fourth-order valence-corrected chi connectivity index (χ4v) is 2.90. The van der Waals surface area contributed by atoms with Gasteiger partial charge in [0.05, 0.1) is 19.3 Å². The van der Waals surface area contributed by atoms with Crippen molar-refractivity contribution in [3.05, 3.63) is 95.8 Å². The first-order valence-electron chi connectivity index (χ1n) is 8.62. The second-order valence-corrected chi connectivity index (χ2v) is 6.04. The zero-order chi connectivity index (χ0) is 18.2. The number of benzene rings is 2. The van der Waals surface area contributed by atoms with Gasteiger partial charge in [-0.3, -0.25) is 9.78 Å². The van der Waals surface area contributed by atoms with Gasteiger partial charge in [-0.2, -0.15) is 0 Å². The second kappa shape index (κ2) is 8.81. The lowest BCUT2D eigenvalue weighted by molar-refractivity contribution is -0.121. The molecule has 1 amide bonds. The standard InChI is InChI=1S/C22H22N2O2/c1-26-20-12-10-18(11-13-20)21(17-7-3-2-4-8-17)15-22(25)24-16-19-9-5-6-14-23-19/h2-14,21H,15-16H2,1H3,(H,24,25). The van der Waals surface area contributed by atoms with Gasteiger partial charge in [0.1, 0.15) is 5.75 Å². The van der Waals surface area contributed by atoms with Gasteiger partial charge < -0.3 is 10.1 Å². The van der Waals surface area contributed by atoms with Gasteiger partial charge in [-0.05, 0) is 35.4 Å². The van der Waals surface area contributed by atoms with Crippen LogP contribution in [0.1, 0.15) is 29.2 Å². The molecule has 1 heterocycles. The topological polar surface area (TPSA) is 51.2 Å². The zero-order valence-electron chi connectivity index (χ0n) is 14.8. The van der Waals surface area contributed by atoms with Crippen molar-refractivity contribution in [2.75, 3.05) is 7.11 Å². The van der Waals surface area contributed by atoms with Crippen LogP contribution in [0.2, 0.25) is 0 Å². The predicted octanol–water partition coefficient (Wildman–Crippen LogP) is 3.93. The summed E-state index contributed by atoms with van der Waals surface area (Å²) in [4.78, 5) is 16.8. The lowest BCUT2D eigenvalue weighted by Crippen LogP contribution is -2.25. The number of hydrogen-bond acceptors (Lipinski definition) is 3. The van der Waals surface area contributed by atoms with Gasteiger partial charge in [0.25, 0.3) is 0 Å². The lowest BCUT2D eigenvalue weighted by Gasteiger charge is -2.18. The van der Waals surface area contributed by atoms with E-state index in [1.54, 1.807) is 13.3 Å². The van der Waals surface area contributed by atoms with Crippen LogP contribution < -0.4 is 10.1 Å². The number of hydrogen-bond donors (Lipinski definition) is 1. The van der Waals surface area contributed by atoms with Crippen LogP contribution in [0.15, 0.2) is 79.0 Å². The first kappa shape index (κ1) is 17.7. The third-order valence-electron chi connectivity index (χ3n) is 4.30. The molecule has 0 saturated carbocycles. The largest absolute Gasteiger partial charge is 0.497 e. The summed E-state index contributed by atoms with van der Waals surface area (Å²) in [5.41, 5.74) is 3.05.